The predicted molar refractivity (Wildman–Crippen MR) is 80.5 cm³/mol. The van der Waals surface area contributed by atoms with Crippen LogP contribution in [0.2, 0.25) is 0 Å². The van der Waals surface area contributed by atoms with E-state index in [9.17, 15) is 4.79 Å². The normalized spacial score (nSPS) is 19.6. The summed E-state index contributed by atoms with van der Waals surface area (Å²) in [5.41, 5.74) is 0.341. The molecule has 1 fully saturated rings. The van der Waals surface area contributed by atoms with Gasteiger partial charge >= 0.3 is 0 Å². The number of hydrogen-bond acceptors (Lipinski definition) is 6. The second-order valence-corrected chi connectivity index (χ2v) is 5.18. The largest absolute Gasteiger partial charge is 0.383 e. The first kappa shape index (κ1) is 15.7. The Balaban J connectivity index is 1.96. The van der Waals surface area contributed by atoms with E-state index in [2.05, 4.69) is 32.2 Å². The van der Waals surface area contributed by atoms with Crippen LogP contribution in [0.5, 0.6) is 0 Å². The van der Waals surface area contributed by atoms with E-state index in [0.29, 0.717) is 11.7 Å². The van der Waals surface area contributed by atoms with Gasteiger partial charge in [-0.2, -0.15) is 0 Å². The minimum atomic E-state index is -0.216. The number of anilines is 1. The number of methoxy groups -OCH3 is 1. The smallest absolute Gasteiger partial charge is 0.271 e. The van der Waals surface area contributed by atoms with Crippen molar-refractivity contribution in [3.8, 4) is 0 Å². The SMILES string of the molecule is CNC(=O)c1ccc(N2CCN(CCOC)C(C)C2)nn1. The summed E-state index contributed by atoms with van der Waals surface area (Å²) in [7, 11) is 3.31. The lowest BCUT2D eigenvalue weighted by molar-refractivity contribution is 0.0957. The lowest BCUT2D eigenvalue weighted by atomic mass is 10.2. The van der Waals surface area contributed by atoms with Gasteiger partial charge in [0.05, 0.1) is 6.61 Å². The van der Waals surface area contributed by atoms with E-state index in [4.69, 9.17) is 4.74 Å². The van der Waals surface area contributed by atoms with Crippen molar-refractivity contribution in [2.24, 2.45) is 0 Å². The Labute approximate surface area is 125 Å². The summed E-state index contributed by atoms with van der Waals surface area (Å²) in [5, 5.41) is 10.7. The van der Waals surface area contributed by atoms with Crippen molar-refractivity contribution in [1.29, 1.82) is 0 Å². The summed E-state index contributed by atoms with van der Waals surface area (Å²) in [6, 6.07) is 4.01. The Bertz CT molecular complexity index is 465. The Kier molecular flexibility index (Phi) is 5.46. The molecule has 1 atom stereocenters. The fourth-order valence-electron chi connectivity index (χ4n) is 2.49. The monoisotopic (exact) mass is 293 g/mol. The molecule has 1 aromatic heterocycles. The molecule has 0 bridgehead atoms. The van der Waals surface area contributed by atoms with Crippen LogP contribution in [0.4, 0.5) is 5.82 Å². The molecule has 1 aliphatic rings. The lowest BCUT2D eigenvalue weighted by Gasteiger charge is -2.40. The zero-order valence-electron chi connectivity index (χ0n) is 12.9. The molecule has 1 amide bonds. The molecule has 1 unspecified atom stereocenters. The number of rotatable bonds is 5. The molecular formula is C14H23N5O2. The predicted octanol–water partition coefficient (Wildman–Crippen LogP) is -0.00690. The third kappa shape index (κ3) is 3.89. The van der Waals surface area contributed by atoms with Gasteiger partial charge in [0.2, 0.25) is 0 Å². The van der Waals surface area contributed by atoms with Crippen LogP contribution in [0.3, 0.4) is 0 Å². The first-order chi connectivity index (χ1) is 10.2. The summed E-state index contributed by atoms with van der Waals surface area (Å²) in [6.07, 6.45) is 0. The maximum absolute atomic E-state index is 11.5. The fraction of sp³-hybridized carbons (Fsp3) is 0.643. The van der Waals surface area contributed by atoms with Gasteiger partial charge in [0.15, 0.2) is 11.5 Å². The number of hydrogen-bond donors (Lipinski definition) is 1. The highest BCUT2D eigenvalue weighted by molar-refractivity contribution is 5.91. The van der Waals surface area contributed by atoms with Crippen LogP contribution < -0.4 is 10.2 Å². The quantitative estimate of drug-likeness (QED) is 0.823. The Hall–Kier alpha value is -1.73. The Morgan fingerprint density at radius 2 is 2.24 bits per heavy atom. The van der Waals surface area contributed by atoms with Gasteiger partial charge in [-0.15, -0.1) is 10.2 Å². The minimum Gasteiger partial charge on any atom is -0.383 e. The molecule has 1 saturated heterocycles. The van der Waals surface area contributed by atoms with E-state index in [1.54, 1.807) is 20.2 Å². The maximum Gasteiger partial charge on any atom is 0.271 e. The number of nitrogens with zero attached hydrogens (tertiary/aromatic N) is 4. The standard InChI is InChI=1S/C14H23N5O2/c1-11-10-19(7-6-18(11)8-9-21-3)13-5-4-12(16-17-13)14(20)15-2/h4-5,11H,6-10H2,1-3H3,(H,15,20). The summed E-state index contributed by atoms with van der Waals surface area (Å²) >= 11 is 0. The topological polar surface area (TPSA) is 70.6 Å². The Morgan fingerprint density at radius 1 is 1.43 bits per heavy atom. The van der Waals surface area contributed by atoms with Gasteiger partial charge < -0.3 is 15.0 Å². The molecule has 21 heavy (non-hydrogen) atoms. The van der Waals surface area contributed by atoms with Crippen LogP contribution in [0.25, 0.3) is 0 Å². The van der Waals surface area contributed by atoms with Crippen LogP contribution in [0, 0.1) is 0 Å². The first-order valence-electron chi connectivity index (χ1n) is 7.19. The van der Waals surface area contributed by atoms with Crippen molar-refractivity contribution >= 4 is 11.7 Å². The van der Waals surface area contributed by atoms with E-state index < -0.39 is 0 Å². The van der Waals surface area contributed by atoms with Crippen molar-refractivity contribution in [1.82, 2.24) is 20.4 Å². The highest BCUT2D eigenvalue weighted by Crippen LogP contribution is 2.16. The van der Waals surface area contributed by atoms with Crippen molar-refractivity contribution < 1.29 is 9.53 Å². The molecule has 1 aromatic rings. The molecule has 116 valence electrons. The summed E-state index contributed by atoms with van der Waals surface area (Å²) in [4.78, 5) is 16.1. The molecule has 7 heteroatoms. The third-order valence-corrected chi connectivity index (χ3v) is 3.78. The molecular weight excluding hydrogens is 270 g/mol. The van der Waals surface area contributed by atoms with Crippen molar-refractivity contribution in [2.45, 2.75) is 13.0 Å². The molecule has 0 saturated carbocycles. The average Bonchev–Trinajstić information content (AvgIpc) is 2.53. The number of carbonyl (C=O) groups is 1. The van der Waals surface area contributed by atoms with Crippen LogP contribution in [0.1, 0.15) is 17.4 Å². The van der Waals surface area contributed by atoms with Gasteiger partial charge in [-0.25, -0.2) is 0 Å². The zero-order chi connectivity index (χ0) is 15.2. The maximum atomic E-state index is 11.5. The second kappa shape index (κ2) is 7.33. The molecule has 7 nitrogen and oxygen atoms in total. The molecule has 1 N–H and O–H groups in total. The van der Waals surface area contributed by atoms with E-state index in [1.165, 1.54) is 0 Å². The lowest BCUT2D eigenvalue weighted by Crippen LogP contribution is -2.53. The van der Waals surface area contributed by atoms with Crippen LogP contribution in [-0.4, -0.2) is 74.0 Å². The van der Waals surface area contributed by atoms with Crippen molar-refractivity contribution in [3.63, 3.8) is 0 Å². The molecule has 2 heterocycles. The van der Waals surface area contributed by atoms with Gasteiger partial charge in [-0.3, -0.25) is 9.69 Å². The van der Waals surface area contributed by atoms with Crippen LogP contribution in [0.15, 0.2) is 12.1 Å². The van der Waals surface area contributed by atoms with Crippen molar-refractivity contribution in [3.05, 3.63) is 17.8 Å². The highest BCUT2D eigenvalue weighted by atomic mass is 16.5. The summed E-state index contributed by atoms with van der Waals surface area (Å²) < 4.78 is 5.14. The number of ether oxygens (including phenoxy) is 1. The van der Waals surface area contributed by atoms with Gasteiger partial charge in [0.25, 0.3) is 5.91 Å². The summed E-state index contributed by atoms with van der Waals surface area (Å²) in [5.74, 6) is 0.604. The number of amides is 1. The second-order valence-electron chi connectivity index (χ2n) is 5.18. The first-order valence-corrected chi connectivity index (χ1v) is 7.19. The van der Waals surface area contributed by atoms with E-state index in [1.807, 2.05) is 6.07 Å². The fourth-order valence-corrected chi connectivity index (χ4v) is 2.49. The summed E-state index contributed by atoms with van der Waals surface area (Å²) in [6.45, 7) is 6.69. The average molecular weight is 293 g/mol. The molecule has 0 aliphatic carbocycles. The zero-order valence-corrected chi connectivity index (χ0v) is 12.9. The molecule has 1 aliphatic heterocycles. The molecule has 0 aromatic carbocycles. The van der Waals surface area contributed by atoms with Gasteiger partial charge in [0, 0.05) is 46.4 Å². The molecule has 0 spiro atoms. The molecule has 2 rings (SSSR count). The van der Waals surface area contributed by atoms with Gasteiger partial charge in [-0.05, 0) is 19.1 Å². The van der Waals surface area contributed by atoms with E-state index >= 15 is 0 Å². The van der Waals surface area contributed by atoms with Gasteiger partial charge in [0.1, 0.15) is 0 Å². The van der Waals surface area contributed by atoms with E-state index in [0.717, 1.165) is 38.6 Å². The molecule has 0 radical (unpaired) electrons. The number of aromatic nitrogens is 2. The number of carbonyl (C=O) groups excluding carboxylic acids is 1. The highest BCUT2D eigenvalue weighted by Gasteiger charge is 2.24. The third-order valence-electron chi connectivity index (χ3n) is 3.78. The number of nitrogens with one attached hydrogen (secondary N) is 1. The van der Waals surface area contributed by atoms with Crippen molar-refractivity contribution in [2.75, 3.05) is 51.8 Å². The van der Waals surface area contributed by atoms with Crippen LogP contribution in [-0.2, 0) is 4.74 Å². The van der Waals surface area contributed by atoms with Crippen LogP contribution >= 0.6 is 0 Å². The van der Waals surface area contributed by atoms with E-state index in [-0.39, 0.29) is 5.91 Å². The van der Waals surface area contributed by atoms with Gasteiger partial charge in [-0.1, -0.05) is 0 Å². The minimum absolute atomic E-state index is 0.216. The Morgan fingerprint density at radius 3 is 2.81 bits per heavy atom. The number of piperazine rings is 1.